The Labute approximate surface area is 83.9 Å². The fourth-order valence-electron chi connectivity index (χ4n) is 2.00. The van der Waals surface area contributed by atoms with E-state index in [0.717, 1.165) is 24.4 Å². The lowest BCUT2D eigenvalue weighted by molar-refractivity contribution is 0.469. The van der Waals surface area contributed by atoms with Crippen molar-refractivity contribution < 1.29 is 0 Å². The van der Waals surface area contributed by atoms with Crippen LogP contribution in [-0.4, -0.2) is 6.54 Å². The van der Waals surface area contributed by atoms with Crippen LogP contribution in [0.5, 0.6) is 0 Å². The average molecular weight is 196 g/mol. The highest BCUT2D eigenvalue weighted by Crippen LogP contribution is 2.27. The van der Waals surface area contributed by atoms with Crippen LogP contribution in [0.25, 0.3) is 0 Å². The molecule has 0 bridgehead atoms. The number of aryl methyl sites for hydroxylation is 1. The Morgan fingerprint density at radius 1 is 1.38 bits per heavy atom. The van der Waals surface area contributed by atoms with Gasteiger partial charge in [0.25, 0.3) is 0 Å². The van der Waals surface area contributed by atoms with Crippen molar-refractivity contribution in [2.45, 2.75) is 19.3 Å². The maximum Gasteiger partial charge on any atom is 0.0408 e. The first-order valence-electron chi connectivity index (χ1n) is 4.77. The Balaban J connectivity index is 2.26. The molecule has 0 aliphatic heterocycles. The molecule has 0 fully saturated rings. The van der Waals surface area contributed by atoms with E-state index in [-0.39, 0.29) is 0 Å². The molecule has 0 heterocycles. The minimum absolute atomic E-state index is 0.675. The van der Waals surface area contributed by atoms with Crippen LogP contribution in [0, 0.1) is 5.92 Å². The zero-order valence-electron chi connectivity index (χ0n) is 7.59. The summed E-state index contributed by atoms with van der Waals surface area (Å²) in [5.41, 5.74) is 8.51. The Kier molecular flexibility index (Phi) is 2.56. The van der Waals surface area contributed by atoms with Gasteiger partial charge in [-0.2, -0.15) is 0 Å². The maximum atomic E-state index is 5.92. The van der Waals surface area contributed by atoms with Gasteiger partial charge in [-0.05, 0) is 55.0 Å². The molecule has 0 saturated heterocycles. The Hall–Kier alpha value is -0.530. The summed E-state index contributed by atoms with van der Waals surface area (Å²) in [4.78, 5) is 0. The first-order valence-corrected chi connectivity index (χ1v) is 5.15. The van der Waals surface area contributed by atoms with Gasteiger partial charge >= 0.3 is 0 Å². The van der Waals surface area contributed by atoms with Crippen molar-refractivity contribution in [3.63, 3.8) is 0 Å². The molecule has 2 rings (SSSR count). The number of fused-ring (bicyclic) bond motifs is 1. The Bertz CT molecular complexity index is 309. The number of hydrogen-bond donors (Lipinski definition) is 1. The van der Waals surface area contributed by atoms with E-state index in [1.165, 1.54) is 17.5 Å². The third-order valence-electron chi connectivity index (χ3n) is 2.83. The molecule has 70 valence electrons. The molecule has 2 N–H and O–H groups in total. The van der Waals surface area contributed by atoms with Crippen molar-refractivity contribution in [3.05, 3.63) is 34.3 Å². The quantitative estimate of drug-likeness (QED) is 0.732. The molecule has 0 saturated carbocycles. The van der Waals surface area contributed by atoms with Crippen molar-refractivity contribution >= 4 is 11.6 Å². The summed E-state index contributed by atoms with van der Waals surface area (Å²) in [5, 5.41) is 0.852. The van der Waals surface area contributed by atoms with E-state index < -0.39 is 0 Å². The van der Waals surface area contributed by atoms with Gasteiger partial charge in [0, 0.05) is 5.02 Å². The highest BCUT2D eigenvalue weighted by Gasteiger charge is 2.16. The molecule has 13 heavy (non-hydrogen) atoms. The van der Waals surface area contributed by atoms with Crippen molar-refractivity contribution in [3.8, 4) is 0 Å². The van der Waals surface area contributed by atoms with E-state index in [1.54, 1.807) is 0 Å². The third kappa shape index (κ3) is 1.87. The first-order chi connectivity index (χ1) is 6.29. The van der Waals surface area contributed by atoms with Gasteiger partial charge in [0.2, 0.25) is 0 Å². The predicted octanol–water partition coefficient (Wildman–Crippen LogP) is 2.40. The second-order valence-corrected chi connectivity index (χ2v) is 4.19. The van der Waals surface area contributed by atoms with E-state index in [1.807, 2.05) is 6.07 Å². The van der Waals surface area contributed by atoms with Crippen LogP contribution in [0.4, 0.5) is 0 Å². The minimum Gasteiger partial charge on any atom is -0.330 e. The molecule has 1 aliphatic carbocycles. The second kappa shape index (κ2) is 3.69. The monoisotopic (exact) mass is 195 g/mol. The molecule has 1 aromatic rings. The molecule has 0 radical (unpaired) electrons. The number of halogens is 1. The normalized spacial score (nSPS) is 21.2. The van der Waals surface area contributed by atoms with Gasteiger partial charge in [-0.15, -0.1) is 0 Å². The summed E-state index contributed by atoms with van der Waals surface area (Å²) < 4.78 is 0. The van der Waals surface area contributed by atoms with E-state index in [4.69, 9.17) is 17.3 Å². The van der Waals surface area contributed by atoms with Crippen molar-refractivity contribution in [2.24, 2.45) is 11.7 Å². The van der Waals surface area contributed by atoms with E-state index in [2.05, 4.69) is 12.1 Å². The zero-order chi connectivity index (χ0) is 9.26. The Morgan fingerprint density at radius 3 is 3.00 bits per heavy atom. The zero-order valence-corrected chi connectivity index (χ0v) is 8.35. The molecular formula is C11H14ClN. The molecule has 1 aliphatic rings. The lowest BCUT2D eigenvalue weighted by Gasteiger charge is -2.23. The summed E-state index contributed by atoms with van der Waals surface area (Å²) >= 11 is 5.92. The standard InChI is InChI=1S/C11H14ClN/c12-11-4-3-9-5-8(7-13)1-2-10(9)6-11/h3-4,6,8H,1-2,5,7,13H2. The summed E-state index contributed by atoms with van der Waals surface area (Å²) in [6.07, 6.45) is 3.48. The van der Waals surface area contributed by atoms with Crippen molar-refractivity contribution in [1.82, 2.24) is 0 Å². The molecule has 1 atom stereocenters. The van der Waals surface area contributed by atoms with Gasteiger partial charge in [0.1, 0.15) is 0 Å². The summed E-state index contributed by atoms with van der Waals surface area (Å²) in [7, 11) is 0. The van der Waals surface area contributed by atoms with Crippen LogP contribution in [0.15, 0.2) is 18.2 Å². The number of nitrogens with two attached hydrogens (primary N) is 1. The molecule has 0 spiro atoms. The maximum absolute atomic E-state index is 5.92. The fourth-order valence-corrected chi connectivity index (χ4v) is 2.19. The molecule has 2 heteroatoms. The molecule has 1 unspecified atom stereocenters. The van der Waals surface area contributed by atoms with Gasteiger partial charge in [-0.25, -0.2) is 0 Å². The van der Waals surface area contributed by atoms with Gasteiger partial charge in [-0.3, -0.25) is 0 Å². The van der Waals surface area contributed by atoms with Gasteiger partial charge in [-0.1, -0.05) is 17.7 Å². The van der Waals surface area contributed by atoms with Crippen LogP contribution in [0.1, 0.15) is 17.5 Å². The second-order valence-electron chi connectivity index (χ2n) is 3.76. The Morgan fingerprint density at radius 2 is 2.23 bits per heavy atom. The largest absolute Gasteiger partial charge is 0.330 e. The molecule has 0 amide bonds. The van der Waals surface area contributed by atoms with Crippen molar-refractivity contribution in [1.29, 1.82) is 0 Å². The van der Waals surface area contributed by atoms with E-state index in [0.29, 0.717) is 5.92 Å². The highest BCUT2D eigenvalue weighted by atomic mass is 35.5. The minimum atomic E-state index is 0.675. The van der Waals surface area contributed by atoms with Crippen LogP contribution in [-0.2, 0) is 12.8 Å². The fraction of sp³-hybridized carbons (Fsp3) is 0.455. The van der Waals surface area contributed by atoms with E-state index >= 15 is 0 Å². The van der Waals surface area contributed by atoms with Gasteiger partial charge < -0.3 is 5.73 Å². The average Bonchev–Trinajstić information content (AvgIpc) is 2.17. The van der Waals surface area contributed by atoms with Gasteiger partial charge in [0.15, 0.2) is 0 Å². The van der Waals surface area contributed by atoms with Crippen LogP contribution < -0.4 is 5.73 Å². The first kappa shape index (κ1) is 9.04. The number of hydrogen-bond acceptors (Lipinski definition) is 1. The topological polar surface area (TPSA) is 26.0 Å². The highest BCUT2D eigenvalue weighted by molar-refractivity contribution is 6.30. The smallest absolute Gasteiger partial charge is 0.0408 e. The number of benzene rings is 1. The van der Waals surface area contributed by atoms with E-state index in [9.17, 15) is 0 Å². The summed E-state index contributed by atoms with van der Waals surface area (Å²) in [6, 6.07) is 6.20. The summed E-state index contributed by atoms with van der Waals surface area (Å²) in [5.74, 6) is 0.675. The van der Waals surface area contributed by atoms with Crippen LogP contribution in [0.3, 0.4) is 0 Å². The molecule has 1 aromatic carbocycles. The predicted molar refractivity (Wildman–Crippen MR) is 56.0 cm³/mol. The third-order valence-corrected chi connectivity index (χ3v) is 3.07. The SMILES string of the molecule is NCC1CCc2cc(Cl)ccc2C1. The van der Waals surface area contributed by atoms with Gasteiger partial charge in [0.05, 0.1) is 0 Å². The number of rotatable bonds is 1. The van der Waals surface area contributed by atoms with Crippen molar-refractivity contribution in [2.75, 3.05) is 6.54 Å². The summed E-state index contributed by atoms with van der Waals surface area (Å²) in [6.45, 7) is 0.808. The lowest BCUT2D eigenvalue weighted by atomic mass is 9.84. The lowest BCUT2D eigenvalue weighted by Crippen LogP contribution is -2.21. The molecule has 1 nitrogen and oxygen atoms in total. The molecule has 0 aromatic heterocycles. The van der Waals surface area contributed by atoms with Crippen LogP contribution in [0.2, 0.25) is 5.02 Å². The van der Waals surface area contributed by atoms with Crippen LogP contribution >= 0.6 is 11.6 Å². The molecular weight excluding hydrogens is 182 g/mol.